The molecule has 28 heavy (non-hydrogen) atoms. The van der Waals surface area contributed by atoms with Crippen LogP contribution in [0.15, 0.2) is 39.9 Å². The summed E-state index contributed by atoms with van der Waals surface area (Å²) in [4.78, 5) is 26.4. The van der Waals surface area contributed by atoms with Gasteiger partial charge in [0.25, 0.3) is 10.0 Å². The summed E-state index contributed by atoms with van der Waals surface area (Å²) in [6, 6.07) is 8.87. The summed E-state index contributed by atoms with van der Waals surface area (Å²) >= 11 is 1.19. The van der Waals surface area contributed by atoms with Crippen LogP contribution < -0.4 is 0 Å². The Labute approximate surface area is 169 Å². The standard InChI is InChI=1S/C20H24N2O4S2/c1-15-5-6-17(14-16(15)2)18(23)7-8-19(24)21-9-11-22(12-10-21)28(25,26)20-4-3-13-27-20/h3-6,13-14H,7-12H2,1-2H3. The van der Waals surface area contributed by atoms with Gasteiger partial charge in [0.15, 0.2) is 5.78 Å². The Morgan fingerprint density at radius 3 is 2.32 bits per heavy atom. The molecule has 1 aromatic heterocycles. The number of thiophene rings is 1. The lowest BCUT2D eigenvalue weighted by Gasteiger charge is -2.33. The van der Waals surface area contributed by atoms with E-state index in [-0.39, 0.29) is 37.6 Å². The highest BCUT2D eigenvalue weighted by Gasteiger charge is 2.30. The topological polar surface area (TPSA) is 74.8 Å². The summed E-state index contributed by atoms with van der Waals surface area (Å²) < 4.78 is 26.8. The highest BCUT2D eigenvalue weighted by Crippen LogP contribution is 2.22. The lowest BCUT2D eigenvalue weighted by Crippen LogP contribution is -2.50. The number of ketones is 1. The van der Waals surface area contributed by atoms with Crippen molar-refractivity contribution in [1.29, 1.82) is 0 Å². The van der Waals surface area contributed by atoms with Crippen molar-refractivity contribution in [3.63, 3.8) is 0 Å². The summed E-state index contributed by atoms with van der Waals surface area (Å²) in [6.45, 7) is 5.20. The number of amides is 1. The fraction of sp³-hybridized carbons (Fsp3) is 0.400. The van der Waals surface area contributed by atoms with Crippen LogP contribution in [0.4, 0.5) is 0 Å². The van der Waals surface area contributed by atoms with Gasteiger partial charge in [-0.25, -0.2) is 8.42 Å². The molecule has 150 valence electrons. The van der Waals surface area contributed by atoms with E-state index in [0.717, 1.165) is 11.1 Å². The monoisotopic (exact) mass is 420 g/mol. The lowest BCUT2D eigenvalue weighted by molar-refractivity contribution is -0.132. The van der Waals surface area contributed by atoms with Gasteiger partial charge in [-0.1, -0.05) is 18.2 Å². The first-order valence-corrected chi connectivity index (χ1v) is 11.5. The quantitative estimate of drug-likeness (QED) is 0.674. The van der Waals surface area contributed by atoms with E-state index in [2.05, 4.69) is 0 Å². The van der Waals surface area contributed by atoms with Crippen LogP contribution >= 0.6 is 11.3 Å². The highest BCUT2D eigenvalue weighted by molar-refractivity contribution is 7.91. The van der Waals surface area contributed by atoms with Gasteiger partial charge in [-0.05, 0) is 42.5 Å². The molecule has 6 nitrogen and oxygen atoms in total. The van der Waals surface area contributed by atoms with E-state index in [0.29, 0.717) is 22.9 Å². The number of carbonyl (C=O) groups excluding carboxylic acids is 2. The van der Waals surface area contributed by atoms with E-state index in [9.17, 15) is 18.0 Å². The SMILES string of the molecule is Cc1ccc(C(=O)CCC(=O)N2CCN(S(=O)(=O)c3cccs3)CC2)cc1C. The zero-order chi connectivity index (χ0) is 20.3. The maximum atomic E-state index is 12.5. The van der Waals surface area contributed by atoms with Gasteiger partial charge < -0.3 is 4.90 Å². The van der Waals surface area contributed by atoms with E-state index in [4.69, 9.17) is 0 Å². The van der Waals surface area contributed by atoms with Gasteiger partial charge in [0.2, 0.25) is 5.91 Å². The van der Waals surface area contributed by atoms with Crippen molar-refractivity contribution < 1.29 is 18.0 Å². The Kier molecular flexibility index (Phi) is 6.32. The Morgan fingerprint density at radius 2 is 1.71 bits per heavy atom. The van der Waals surface area contributed by atoms with Gasteiger partial charge in [-0.3, -0.25) is 9.59 Å². The number of carbonyl (C=O) groups is 2. The largest absolute Gasteiger partial charge is 0.340 e. The Balaban J connectivity index is 1.51. The predicted octanol–water partition coefficient (Wildman–Crippen LogP) is 2.86. The molecule has 0 N–H and O–H groups in total. The van der Waals surface area contributed by atoms with Crippen molar-refractivity contribution in [2.24, 2.45) is 0 Å². The third-order valence-electron chi connectivity index (χ3n) is 5.08. The molecule has 1 aliphatic heterocycles. The number of rotatable bonds is 6. The van der Waals surface area contributed by atoms with E-state index < -0.39 is 10.0 Å². The second-order valence-electron chi connectivity index (χ2n) is 6.94. The van der Waals surface area contributed by atoms with Crippen LogP contribution in [-0.4, -0.2) is 55.5 Å². The van der Waals surface area contributed by atoms with Crippen molar-refractivity contribution in [3.8, 4) is 0 Å². The maximum Gasteiger partial charge on any atom is 0.252 e. The second kappa shape index (κ2) is 8.55. The zero-order valence-corrected chi connectivity index (χ0v) is 17.7. The first-order valence-electron chi connectivity index (χ1n) is 9.21. The van der Waals surface area contributed by atoms with Crippen LogP contribution in [0.25, 0.3) is 0 Å². The van der Waals surface area contributed by atoms with E-state index >= 15 is 0 Å². The zero-order valence-electron chi connectivity index (χ0n) is 16.1. The molecule has 1 aromatic carbocycles. The smallest absolute Gasteiger partial charge is 0.252 e. The van der Waals surface area contributed by atoms with E-state index in [1.807, 2.05) is 26.0 Å². The van der Waals surface area contributed by atoms with Gasteiger partial charge in [-0.2, -0.15) is 4.31 Å². The van der Waals surface area contributed by atoms with E-state index in [1.54, 1.807) is 28.5 Å². The molecule has 1 aliphatic rings. The number of nitrogens with zero attached hydrogens (tertiary/aromatic N) is 2. The van der Waals surface area contributed by atoms with Crippen molar-refractivity contribution in [3.05, 3.63) is 52.4 Å². The van der Waals surface area contributed by atoms with Crippen molar-refractivity contribution >= 4 is 33.1 Å². The summed E-state index contributed by atoms with van der Waals surface area (Å²) in [5, 5.41) is 1.74. The molecule has 1 fully saturated rings. The molecule has 1 saturated heterocycles. The van der Waals surface area contributed by atoms with Crippen LogP contribution in [0.1, 0.15) is 34.3 Å². The fourth-order valence-electron chi connectivity index (χ4n) is 3.15. The van der Waals surface area contributed by atoms with Crippen molar-refractivity contribution in [1.82, 2.24) is 9.21 Å². The van der Waals surface area contributed by atoms with E-state index in [1.165, 1.54) is 15.6 Å². The Hall–Kier alpha value is -2.03. The molecule has 2 heterocycles. The molecule has 0 atom stereocenters. The first-order chi connectivity index (χ1) is 13.3. The van der Waals surface area contributed by atoms with Gasteiger partial charge in [-0.15, -0.1) is 11.3 Å². The highest BCUT2D eigenvalue weighted by atomic mass is 32.2. The minimum absolute atomic E-state index is 0.0460. The third kappa shape index (κ3) is 4.51. The minimum Gasteiger partial charge on any atom is -0.340 e. The number of hydrogen-bond donors (Lipinski definition) is 0. The third-order valence-corrected chi connectivity index (χ3v) is 8.35. The predicted molar refractivity (Wildman–Crippen MR) is 109 cm³/mol. The van der Waals surface area contributed by atoms with Crippen molar-refractivity contribution in [2.75, 3.05) is 26.2 Å². The van der Waals surface area contributed by atoms with Crippen molar-refractivity contribution in [2.45, 2.75) is 30.9 Å². The molecule has 0 saturated carbocycles. The molecule has 0 spiro atoms. The Bertz CT molecular complexity index is 960. The normalized spacial score (nSPS) is 15.6. The van der Waals surface area contributed by atoms with Crippen LogP contribution in [0, 0.1) is 13.8 Å². The molecular formula is C20H24N2O4S2. The average molecular weight is 421 g/mol. The second-order valence-corrected chi connectivity index (χ2v) is 10.1. The van der Waals surface area contributed by atoms with Gasteiger partial charge >= 0.3 is 0 Å². The molecule has 2 aromatic rings. The molecule has 8 heteroatoms. The summed E-state index contributed by atoms with van der Waals surface area (Å²) in [6.07, 6.45) is 0.304. The minimum atomic E-state index is -3.48. The lowest BCUT2D eigenvalue weighted by atomic mass is 10.0. The number of Topliss-reactive ketones (excluding diaryl/α,β-unsaturated/α-hetero) is 1. The van der Waals surface area contributed by atoms with Crippen LogP contribution in [0.5, 0.6) is 0 Å². The van der Waals surface area contributed by atoms with Crippen LogP contribution in [0.2, 0.25) is 0 Å². The molecule has 0 aliphatic carbocycles. The van der Waals surface area contributed by atoms with Crippen LogP contribution in [-0.2, 0) is 14.8 Å². The molecular weight excluding hydrogens is 396 g/mol. The molecule has 0 unspecified atom stereocenters. The number of sulfonamides is 1. The summed E-state index contributed by atoms with van der Waals surface area (Å²) in [5.74, 6) is -0.152. The average Bonchev–Trinajstić information content (AvgIpc) is 3.24. The molecule has 0 bridgehead atoms. The number of piperazine rings is 1. The molecule has 3 rings (SSSR count). The number of benzene rings is 1. The summed E-state index contributed by atoms with van der Waals surface area (Å²) in [5.41, 5.74) is 2.81. The maximum absolute atomic E-state index is 12.5. The Morgan fingerprint density at radius 1 is 1.00 bits per heavy atom. The summed E-state index contributed by atoms with van der Waals surface area (Å²) in [7, 11) is -3.48. The number of hydrogen-bond acceptors (Lipinski definition) is 5. The van der Waals surface area contributed by atoms with Gasteiger partial charge in [0.05, 0.1) is 0 Å². The fourth-order valence-corrected chi connectivity index (χ4v) is 5.72. The van der Waals surface area contributed by atoms with Crippen LogP contribution in [0.3, 0.4) is 0 Å². The van der Waals surface area contributed by atoms with Gasteiger partial charge in [0.1, 0.15) is 4.21 Å². The number of aryl methyl sites for hydroxylation is 2. The molecule has 0 radical (unpaired) electrons. The van der Waals surface area contributed by atoms with Gasteiger partial charge in [0, 0.05) is 44.6 Å². The molecule has 1 amide bonds. The first kappa shape index (κ1) is 20.7.